The van der Waals surface area contributed by atoms with Crippen LogP contribution in [-0.4, -0.2) is 60.1 Å². The van der Waals surface area contributed by atoms with E-state index in [1.807, 2.05) is 6.92 Å². The molecule has 8 nitrogen and oxygen atoms in total. The zero-order chi connectivity index (χ0) is 17.4. The molecule has 0 aromatic heterocycles. The highest BCUT2D eigenvalue weighted by atomic mass is 32.2. The summed E-state index contributed by atoms with van der Waals surface area (Å²) in [6, 6.07) is -0.952. The molecule has 0 radical (unpaired) electrons. The second kappa shape index (κ2) is 9.49. The van der Waals surface area contributed by atoms with Crippen LogP contribution in [0.25, 0.3) is 0 Å². The highest BCUT2D eigenvalue weighted by molar-refractivity contribution is 8.00. The highest BCUT2D eigenvalue weighted by Gasteiger charge is 2.45. The molecule has 1 heterocycles. The molecule has 1 fully saturated rings. The van der Waals surface area contributed by atoms with E-state index in [1.54, 1.807) is 6.92 Å². The SMILES string of the molecule is CCCC(C(=O)O)C1SCC(NC(=O)OC)C1NC(=O)OCC. The van der Waals surface area contributed by atoms with Crippen LogP contribution in [-0.2, 0) is 14.3 Å². The number of hydrogen-bond donors (Lipinski definition) is 3. The predicted octanol–water partition coefficient (Wildman–Crippen LogP) is 1.44. The summed E-state index contributed by atoms with van der Waals surface area (Å²) >= 11 is 1.43. The van der Waals surface area contributed by atoms with Crippen molar-refractivity contribution in [3.63, 3.8) is 0 Å². The van der Waals surface area contributed by atoms with Crippen LogP contribution in [0.4, 0.5) is 9.59 Å². The van der Waals surface area contributed by atoms with Gasteiger partial charge in [-0.1, -0.05) is 13.3 Å². The van der Waals surface area contributed by atoms with E-state index in [1.165, 1.54) is 18.9 Å². The number of amides is 2. The Hall–Kier alpha value is -1.64. The lowest BCUT2D eigenvalue weighted by atomic mass is 9.92. The maximum Gasteiger partial charge on any atom is 0.407 e. The molecule has 132 valence electrons. The number of thioether (sulfide) groups is 1. The number of carbonyl (C=O) groups is 3. The summed E-state index contributed by atoms with van der Waals surface area (Å²) in [5.74, 6) is -1.02. The largest absolute Gasteiger partial charge is 0.481 e. The van der Waals surface area contributed by atoms with Crippen molar-refractivity contribution in [1.29, 1.82) is 0 Å². The minimum absolute atomic E-state index is 0.211. The van der Waals surface area contributed by atoms with Crippen LogP contribution in [0.1, 0.15) is 26.7 Å². The van der Waals surface area contributed by atoms with Gasteiger partial charge in [-0.25, -0.2) is 9.59 Å². The fraction of sp³-hybridized carbons (Fsp3) is 0.786. The number of carboxylic acid groups (broad SMARTS) is 1. The van der Waals surface area contributed by atoms with E-state index in [0.29, 0.717) is 12.2 Å². The Morgan fingerprint density at radius 3 is 2.48 bits per heavy atom. The molecule has 0 aliphatic carbocycles. The van der Waals surface area contributed by atoms with E-state index < -0.39 is 36.2 Å². The van der Waals surface area contributed by atoms with E-state index in [-0.39, 0.29) is 11.9 Å². The molecule has 4 atom stereocenters. The van der Waals surface area contributed by atoms with Gasteiger partial charge < -0.3 is 25.2 Å². The van der Waals surface area contributed by atoms with Crippen LogP contribution in [0.2, 0.25) is 0 Å². The number of alkyl carbamates (subject to hydrolysis) is 2. The lowest BCUT2D eigenvalue weighted by molar-refractivity contribution is -0.142. The van der Waals surface area contributed by atoms with Gasteiger partial charge in [-0.3, -0.25) is 4.79 Å². The van der Waals surface area contributed by atoms with Crippen LogP contribution in [0, 0.1) is 5.92 Å². The molecule has 3 N–H and O–H groups in total. The van der Waals surface area contributed by atoms with Gasteiger partial charge in [-0.15, -0.1) is 0 Å². The van der Waals surface area contributed by atoms with Gasteiger partial charge in [0, 0.05) is 11.0 Å². The van der Waals surface area contributed by atoms with Crippen molar-refractivity contribution in [1.82, 2.24) is 10.6 Å². The van der Waals surface area contributed by atoms with Gasteiger partial charge in [0.05, 0.1) is 31.7 Å². The zero-order valence-electron chi connectivity index (χ0n) is 13.5. The summed E-state index contributed by atoms with van der Waals surface area (Å²) in [5.41, 5.74) is 0. The molecular formula is C14H24N2O6S. The summed E-state index contributed by atoms with van der Waals surface area (Å²) in [6.45, 7) is 3.80. The lowest BCUT2D eigenvalue weighted by Crippen LogP contribution is -2.55. The Labute approximate surface area is 139 Å². The Bertz CT molecular complexity index is 433. The second-order valence-electron chi connectivity index (χ2n) is 5.16. The number of methoxy groups -OCH3 is 1. The number of rotatable bonds is 7. The number of ether oxygens (including phenoxy) is 2. The third-order valence-corrected chi connectivity index (χ3v) is 5.18. The van der Waals surface area contributed by atoms with Gasteiger partial charge in [-0.05, 0) is 13.3 Å². The molecule has 1 aliphatic heterocycles. The summed E-state index contributed by atoms with van der Waals surface area (Å²) in [7, 11) is 1.25. The van der Waals surface area contributed by atoms with Crippen molar-refractivity contribution < 1.29 is 29.0 Å². The van der Waals surface area contributed by atoms with Gasteiger partial charge in [-0.2, -0.15) is 11.8 Å². The fourth-order valence-electron chi connectivity index (χ4n) is 2.59. The minimum atomic E-state index is -0.904. The maximum atomic E-state index is 11.8. The van der Waals surface area contributed by atoms with Crippen LogP contribution >= 0.6 is 11.8 Å². The number of nitrogens with one attached hydrogen (secondary N) is 2. The van der Waals surface area contributed by atoms with Crippen molar-refractivity contribution in [2.45, 2.75) is 44.0 Å². The van der Waals surface area contributed by atoms with Crippen molar-refractivity contribution in [3.8, 4) is 0 Å². The summed E-state index contributed by atoms with van der Waals surface area (Å²) in [6.07, 6.45) is -0.0228. The molecule has 4 unspecified atom stereocenters. The summed E-state index contributed by atoms with van der Waals surface area (Å²) < 4.78 is 9.47. The van der Waals surface area contributed by atoms with Gasteiger partial charge in [0.15, 0.2) is 0 Å². The van der Waals surface area contributed by atoms with Crippen molar-refractivity contribution in [2.75, 3.05) is 19.5 Å². The number of hydrogen-bond acceptors (Lipinski definition) is 6. The highest BCUT2D eigenvalue weighted by Crippen LogP contribution is 2.35. The molecule has 1 aliphatic rings. The van der Waals surface area contributed by atoms with E-state index >= 15 is 0 Å². The zero-order valence-corrected chi connectivity index (χ0v) is 14.4. The third-order valence-electron chi connectivity index (χ3n) is 3.62. The monoisotopic (exact) mass is 348 g/mol. The van der Waals surface area contributed by atoms with Gasteiger partial charge >= 0.3 is 18.2 Å². The van der Waals surface area contributed by atoms with Gasteiger partial charge in [0.2, 0.25) is 0 Å². The molecule has 0 bridgehead atoms. The number of carboxylic acids is 1. The first-order valence-corrected chi connectivity index (χ1v) is 8.61. The Morgan fingerprint density at radius 2 is 1.96 bits per heavy atom. The van der Waals surface area contributed by atoms with Crippen LogP contribution < -0.4 is 10.6 Å². The summed E-state index contributed by atoms with van der Waals surface area (Å²) in [4.78, 5) is 34.8. The number of carbonyl (C=O) groups excluding carboxylic acids is 2. The molecule has 1 rings (SSSR count). The minimum Gasteiger partial charge on any atom is -0.481 e. The standard InChI is InChI=1S/C14H24N2O6S/c1-4-6-8(12(17)18)11-10(16-14(20)22-5-2)9(7-23-11)15-13(19)21-3/h8-11H,4-7H2,1-3H3,(H,15,19)(H,16,20)(H,17,18). The topological polar surface area (TPSA) is 114 Å². The van der Waals surface area contributed by atoms with Crippen LogP contribution in [0.5, 0.6) is 0 Å². The predicted molar refractivity (Wildman–Crippen MR) is 85.6 cm³/mol. The maximum absolute atomic E-state index is 11.8. The van der Waals surface area contributed by atoms with E-state index in [0.717, 1.165) is 6.42 Å². The first-order valence-electron chi connectivity index (χ1n) is 7.56. The van der Waals surface area contributed by atoms with Crippen molar-refractivity contribution >= 4 is 29.9 Å². The Balaban J connectivity index is 2.91. The second-order valence-corrected chi connectivity index (χ2v) is 6.38. The molecule has 0 saturated carbocycles. The average molecular weight is 348 g/mol. The van der Waals surface area contributed by atoms with Crippen LogP contribution in [0.3, 0.4) is 0 Å². The molecule has 9 heteroatoms. The Kier molecular flexibility index (Phi) is 8.01. The van der Waals surface area contributed by atoms with Crippen molar-refractivity contribution in [3.05, 3.63) is 0 Å². The smallest absolute Gasteiger partial charge is 0.407 e. The van der Waals surface area contributed by atoms with Crippen molar-refractivity contribution in [2.24, 2.45) is 5.92 Å². The molecule has 0 aromatic carbocycles. The Morgan fingerprint density at radius 1 is 1.26 bits per heavy atom. The fourth-order valence-corrected chi connectivity index (χ4v) is 4.26. The van der Waals surface area contributed by atoms with Gasteiger partial charge in [0.1, 0.15) is 0 Å². The molecule has 2 amide bonds. The van der Waals surface area contributed by atoms with E-state index in [4.69, 9.17) is 4.74 Å². The molecule has 0 spiro atoms. The molecular weight excluding hydrogens is 324 g/mol. The van der Waals surface area contributed by atoms with Crippen LogP contribution in [0.15, 0.2) is 0 Å². The quantitative estimate of drug-likeness (QED) is 0.638. The lowest BCUT2D eigenvalue weighted by Gasteiger charge is -2.28. The molecule has 0 aromatic rings. The first kappa shape index (κ1) is 19.4. The van der Waals surface area contributed by atoms with E-state index in [2.05, 4.69) is 15.4 Å². The first-order chi connectivity index (χ1) is 10.9. The normalized spacial score (nSPS) is 24.6. The number of aliphatic carboxylic acids is 1. The molecule has 1 saturated heterocycles. The molecule has 23 heavy (non-hydrogen) atoms. The summed E-state index contributed by atoms with van der Waals surface area (Å²) in [5, 5.41) is 14.5. The average Bonchev–Trinajstić information content (AvgIpc) is 2.87. The van der Waals surface area contributed by atoms with E-state index in [9.17, 15) is 19.5 Å². The third kappa shape index (κ3) is 5.49. The van der Waals surface area contributed by atoms with Gasteiger partial charge in [0.25, 0.3) is 0 Å².